The highest BCUT2D eigenvalue weighted by Crippen LogP contribution is 2.19. The number of methoxy groups -OCH3 is 2. The summed E-state index contributed by atoms with van der Waals surface area (Å²) in [7, 11) is 0.785. The highest BCUT2D eigenvalue weighted by atomic mass is 32.2. The van der Waals surface area contributed by atoms with Gasteiger partial charge in [-0.3, -0.25) is 0 Å². The van der Waals surface area contributed by atoms with E-state index >= 15 is 0 Å². The van der Waals surface area contributed by atoms with Crippen molar-refractivity contribution in [1.82, 2.24) is 4.31 Å². The number of nitrogens with zero attached hydrogens (tertiary/aromatic N) is 1. The van der Waals surface area contributed by atoms with Crippen LogP contribution in [-0.2, 0) is 26.1 Å². The first kappa shape index (κ1) is 19.7. The molecule has 2 rings (SSSR count). The number of rotatable bonds is 7. The zero-order valence-corrected chi connectivity index (χ0v) is 15.7. The summed E-state index contributed by atoms with van der Waals surface area (Å²) in [5.41, 5.74) is 1.56. The molecule has 0 spiro atoms. The first-order chi connectivity index (χ1) is 12.4. The second-order valence-corrected chi connectivity index (χ2v) is 7.58. The number of carbonyl (C=O) groups excluding carboxylic acids is 1. The Hall–Kier alpha value is -2.64. The topological polar surface area (TPSA) is 72.9 Å². The van der Waals surface area contributed by atoms with Crippen LogP contribution in [-0.4, -0.2) is 40.0 Å². The molecule has 6 nitrogen and oxygen atoms in total. The normalized spacial score (nSPS) is 11.7. The summed E-state index contributed by atoms with van der Waals surface area (Å²) in [5.74, 6) is 0.246. The Morgan fingerprint density at radius 1 is 1.04 bits per heavy atom. The molecular weight excluding hydrogens is 354 g/mol. The Kier molecular flexibility index (Phi) is 6.54. The van der Waals surface area contributed by atoms with E-state index in [-0.39, 0.29) is 11.4 Å². The molecule has 0 fully saturated rings. The van der Waals surface area contributed by atoms with Crippen molar-refractivity contribution in [2.45, 2.75) is 11.4 Å². The van der Waals surface area contributed by atoms with Crippen LogP contribution in [0, 0.1) is 0 Å². The molecular formula is C19H21NO5S. The maximum absolute atomic E-state index is 12.7. The van der Waals surface area contributed by atoms with Crippen molar-refractivity contribution in [3.05, 3.63) is 65.7 Å². The fraction of sp³-hybridized carbons (Fsp3) is 0.211. The maximum Gasteiger partial charge on any atom is 0.330 e. The van der Waals surface area contributed by atoms with Gasteiger partial charge in [-0.2, -0.15) is 4.31 Å². The summed E-state index contributed by atoms with van der Waals surface area (Å²) < 4.78 is 36.3. The predicted octanol–water partition coefficient (Wildman–Crippen LogP) is 2.70. The summed E-state index contributed by atoms with van der Waals surface area (Å²) in [6.07, 6.45) is 2.84. The molecule has 0 saturated heterocycles. The SMILES string of the molecule is COC(=O)/C=C/c1ccc(S(=O)(=O)N(C)Cc2ccc(OC)cc2)cc1. The van der Waals surface area contributed by atoms with Crippen molar-refractivity contribution >= 4 is 22.1 Å². The summed E-state index contributed by atoms with van der Waals surface area (Å²) in [4.78, 5) is 11.3. The zero-order valence-electron chi connectivity index (χ0n) is 14.9. The monoisotopic (exact) mass is 375 g/mol. The molecule has 0 aromatic heterocycles. The van der Waals surface area contributed by atoms with E-state index in [1.165, 1.54) is 36.7 Å². The lowest BCUT2D eigenvalue weighted by Crippen LogP contribution is -2.26. The van der Waals surface area contributed by atoms with Gasteiger partial charge in [-0.15, -0.1) is 0 Å². The van der Waals surface area contributed by atoms with E-state index in [9.17, 15) is 13.2 Å². The van der Waals surface area contributed by atoms with Gasteiger partial charge in [0, 0.05) is 19.7 Å². The summed E-state index contributed by atoms with van der Waals surface area (Å²) in [6, 6.07) is 13.5. The quantitative estimate of drug-likeness (QED) is 0.550. The second kappa shape index (κ2) is 8.64. The predicted molar refractivity (Wildman–Crippen MR) is 99.1 cm³/mol. The molecule has 0 N–H and O–H groups in total. The van der Waals surface area contributed by atoms with Gasteiger partial charge in [-0.05, 0) is 41.5 Å². The standard InChI is InChI=1S/C19H21NO5S/c1-20(14-16-4-9-17(24-2)10-5-16)26(22,23)18-11-6-15(7-12-18)8-13-19(21)25-3/h4-13H,14H2,1-3H3/b13-8+. The zero-order chi connectivity index (χ0) is 19.2. The van der Waals surface area contributed by atoms with Crippen LogP contribution in [0.25, 0.3) is 6.08 Å². The Balaban J connectivity index is 2.12. The third-order valence-corrected chi connectivity index (χ3v) is 5.58. The largest absolute Gasteiger partial charge is 0.497 e. The highest BCUT2D eigenvalue weighted by molar-refractivity contribution is 7.89. The van der Waals surface area contributed by atoms with Crippen molar-refractivity contribution < 1.29 is 22.7 Å². The van der Waals surface area contributed by atoms with Crippen molar-refractivity contribution in [3.8, 4) is 5.75 Å². The van der Waals surface area contributed by atoms with E-state index < -0.39 is 16.0 Å². The molecule has 0 heterocycles. The number of benzene rings is 2. The van der Waals surface area contributed by atoms with E-state index in [1.807, 2.05) is 12.1 Å². The van der Waals surface area contributed by atoms with Crippen LogP contribution in [0.5, 0.6) is 5.75 Å². The smallest absolute Gasteiger partial charge is 0.330 e. The minimum atomic E-state index is -3.62. The Bertz CT molecular complexity index is 871. The molecule has 0 radical (unpaired) electrons. The molecule has 2 aromatic carbocycles. The second-order valence-electron chi connectivity index (χ2n) is 5.53. The van der Waals surface area contributed by atoms with Crippen LogP contribution >= 0.6 is 0 Å². The van der Waals surface area contributed by atoms with Gasteiger partial charge >= 0.3 is 5.97 Å². The van der Waals surface area contributed by atoms with Gasteiger partial charge in [0.2, 0.25) is 10.0 Å². The number of carbonyl (C=O) groups is 1. The van der Waals surface area contributed by atoms with Gasteiger partial charge in [0.25, 0.3) is 0 Å². The van der Waals surface area contributed by atoms with Gasteiger partial charge in [-0.25, -0.2) is 13.2 Å². The Labute approximate surface area is 153 Å². The third-order valence-electron chi connectivity index (χ3n) is 3.77. The van der Waals surface area contributed by atoms with Crippen molar-refractivity contribution in [2.24, 2.45) is 0 Å². The first-order valence-electron chi connectivity index (χ1n) is 7.82. The van der Waals surface area contributed by atoms with Gasteiger partial charge in [0.15, 0.2) is 0 Å². The minimum Gasteiger partial charge on any atom is -0.497 e. The molecule has 7 heteroatoms. The van der Waals surface area contributed by atoms with Crippen molar-refractivity contribution in [3.63, 3.8) is 0 Å². The van der Waals surface area contributed by atoms with Crippen LogP contribution < -0.4 is 4.74 Å². The molecule has 0 aliphatic carbocycles. The number of hydrogen-bond donors (Lipinski definition) is 0. The van der Waals surface area contributed by atoms with E-state index in [1.54, 1.807) is 37.5 Å². The Morgan fingerprint density at radius 3 is 2.19 bits per heavy atom. The van der Waals surface area contributed by atoms with Crippen LogP contribution in [0.2, 0.25) is 0 Å². The van der Waals surface area contributed by atoms with Gasteiger partial charge < -0.3 is 9.47 Å². The number of esters is 1. The lowest BCUT2D eigenvalue weighted by molar-refractivity contribution is -0.134. The third kappa shape index (κ3) is 4.93. The molecule has 0 unspecified atom stereocenters. The van der Waals surface area contributed by atoms with E-state index in [2.05, 4.69) is 4.74 Å². The molecule has 0 aliphatic heterocycles. The van der Waals surface area contributed by atoms with Crippen LogP contribution in [0.1, 0.15) is 11.1 Å². The lowest BCUT2D eigenvalue weighted by Gasteiger charge is -2.17. The van der Waals surface area contributed by atoms with Crippen molar-refractivity contribution in [2.75, 3.05) is 21.3 Å². The molecule has 0 aliphatic rings. The molecule has 0 bridgehead atoms. The van der Waals surface area contributed by atoms with Crippen molar-refractivity contribution in [1.29, 1.82) is 0 Å². The van der Waals surface area contributed by atoms with E-state index in [0.29, 0.717) is 5.56 Å². The molecule has 0 saturated carbocycles. The van der Waals surface area contributed by atoms with E-state index in [4.69, 9.17) is 4.74 Å². The molecule has 26 heavy (non-hydrogen) atoms. The molecule has 138 valence electrons. The van der Waals surface area contributed by atoms with Crippen LogP contribution in [0.4, 0.5) is 0 Å². The first-order valence-corrected chi connectivity index (χ1v) is 9.26. The molecule has 2 aromatic rings. The summed E-state index contributed by atoms with van der Waals surface area (Å²) >= 11 is 0. The van der Waals surface area contributed by atoms with Gasteiger partial charge in [-0.1, -0.05) is 24.3 Å². The van der Waals surface area contributed by atoms with Crippen LogP contribution in [0.15, 0.2) is 59.5 Å². The number of ether oxygens (including phenoxy) is 2. The molecule has 0 atom stereocenters. The lowest BCUT2D eigenvalue weighted by atomic mass is 10.2. The van der Waals surface area contributed by atoms with E-state index in [0.717, 1.165) is 11.3 Å². The summed E-state index contributed by atoms with van der Waals surface area (Å²) in [6.45, 7) is 0.246. The van der Waals surface area contributed by atoms with Crippen LogP contribution in [0.3, 0.4) is 0 Å². The highest BCUT2D eigenvalue weighted by Gasteiger charge is 2.20. The average molecular weight is 375 g/mol. The van der Waals surface area contributed by atoms with Gasteiger partial charge in [0.1, 0.15) is 5.75 Å². The average Bonchev–Trinajstić information content (AvgIpc) is 2.66. The number of hydrogen-bond acceptors (Lipinski definition) is 5. The minimum absolute atomic E-state index is 0.184. The molecule has 0 amide bonds. The fourth-order valence-electron chi connectivity index (χ4n) is 2.24. The van der Waals surface area contributed by atoms with Gasteiger partial charge in [0.05, 0.1) is 19.1 Å². The maximum atomic E-state index is 12.7. The summed E-state index contributed by atoms with van der Waals surface area (Å²) in [5, 5.41) is 0. The number of sulfonamides is 1. The Morgan fingerprint density at radius 2 is 1.65 bits per heavy atom. The fourth-order valence-corrected chi connectivity index (χ4v) is 3.40.